The van der Waals surface area contributed by atoms with Gasteiger partial charge in [0.1, 0.15) is 22.3 Å². The van der Waals surface area contributed by atoms with Gasteiger partial charge in [0, 0.05) is 39.0 Å². The molecule has 0 fully saturated rings. The highest BCUT2D eigenvalue weighted by Gasteiger charge is 2.23. The van der Waals surface area contributed by atoms with Crippen LogP contribution < -0.4 is 9.80 Å². The van der Waals surface area contributed by atoms with Gasteiger partial charge in [-0.2, -0.15) is 0 Å². The summed E-state index contributed by atoms with van der Waals surface area (Å²) in [5.41, 5.74) is 20.4. The summed E-state index contributed by atoms with van der Waals surface area (Å²) in [6.45, 7) is 17.6. The van der Waals surface area contributed by atoms with Crippen LogP contribution in [0.2, 0.25) is 0 Å². The molecule has 2 aromatic heterocycles. The first kappa shape index (κ1) is 37.7. The van der Waals surface area contributed by atoms with E-state index in [4.69, 9.17) is 8.83 Å². The fraction of sp³-hybridized carbons (Fsp3) is 0.138. The molecule has 11 rings (SSSR count). The Balaban J connectivity index is 1.03. The van der Waals surface area contributed by atoms with Crippen LogP contribution in [0.4, 0.5) is 34.1 Å². The van der Waals surface area contributed by atoms with Crippen LogP contribution in [0.3, 0.4) is 0 Å². The van der Waals surface area contributed by atoms with E-state index >= 15 is 0 Å². The summed E-state index contributed by atoms with van der Waals surface area (Å²) < 4.78 is 13.3. The fourth-order valence-electron chi connectivity index (χ4n) is 10.2. The third kappa shape index (κ3) is 5.89. The van der Waals surface area contributed by atoms with E-state index in [-0.39, 0.29) is 0 Å². The predicted octanol–water partition coefficient (Wildman–Crippen LogP) is 17.2. The van der Waals surface area contributed by atoms with Crippen molar-refractivity contribution in [3.8, 4) is 0 Å². The lowest BCUT2D eigenvalue weighted by Crippen LogP contribution is -2.15. The minimum Gasteiger partial charge on any atom is -0.456 e. The first-order chi connectivity index (χ1) is 30.0. The highest BCUT2D eigenvalue weighted by atomic mass is 16.3. The van der Waals surface area contributed by atoms with Crippen LogP contribution in [0.15, 0.2) is 154 Å². The molecular weight excluding hydrogens is 757 g/mol. The zero-order valence-corrected chi connectivity index (χ0v) is 36.6. The monoisotopic (exact) mass is 804 g/mol. The van der Waals surface area contributed by atoms with Gasteiger partial charge in [-0.25, -0.2) is 0 Å². The van der Waals surface area contributed by atoms with Crippen LogP contribution in [0.25, 0.3) is 65.4 Å². The van der Waals surface area contributed by atoms with Crippen molar-refractivity contribution in [3.63, 3.8) is 0 Å². The zero-order valence-electron chi connectivity index (χ0n) is 36.6. The molecule has 0 aliphatic heterocycles. The molecule has 0 radical (unpaired) electrons. The molecule has 0 aliphatic carbocycles. The molecular formula is C58H48N2O2. The first-order valence-electron chi connectivity index (χ1n) is 21.6. The molecule has 0 N–H and O–H groups in total. The Labute approximate surface area is 362 Å². The Morgan fingerprint density at radius 3 is 0.887 bits per heavy atom. The molecule has 0 aliphatic rings. The Bertz CT molecular complexity index is 3220. The van der Waals surface area contributed by atoms with E-state index in [2.05, 4.69) is 211 Å². The molecule has 0 bridgehead atoms. The van der Waals surface area contributed by atoms with Crippen LogP contribution in [0, 0.1) is 55.4 Å². The number of para-hydroxylation sites is 4. The van der Waals surface area contributed by atoms with E-state index in [0.29, 0.717) is 0 Å². The lowest BCUT2D eigenvalue weighted by atomic mass is 10.00. The molecule has 0 unspecified atom stereocenters. The quantitative estimate of drug-likeness (QED) is 0.168. The maximum Gasteiger partial charge on any atom is 0.139 e. The minimum absolute atomic E-state index is 0.819. The van der Waals surface area contributed by atoms with Crippen molar-refractivity contribution in [2.75, 3.05) is 9.80 Å². The smallest absolute Gasteiger partial charge is 0.139 e. The lowest BCUT2D eigenvalue weighted by Gasteiger charge is -2.31. The number of furan rings is 2. The average molecular weight is 805 g/mol. The maximum absolute atomic E-state index is 6.67. The molecule has 9 aromatic carbocycles. The molecule has 2 heterocycles. The van der Waals surface area contributed by atoms with Crippen LogP contribution in [0.5, 0.6) is 0 Å². The van der Waals surface area contributed by atoms with Crippen LogP contribution in [-0.2, 0) is 0 Å². The van der Waals surface area contributed by atoms with Crippen LogP contribution in [-0.4, -0.2) is 0 Å². The number of rotatable bonds is 6. The molecule has 0 saturated carbocycles. The molecule has 0 saturated heterocycles. The topological polar surface area (TPSA) is 32.8 Å². The van der Waals surface area contributed by atoms with Crippen molar-refractivity contribution in [2.24, 2.45) is 0 Å². The van der Waals surface area contributed by atoms with Gasteiger partial charge in [0.25, 0.3) is 0 Å². The SMILES string of the molecule is Cc1cccc(C)c1N(c1ccc2cc3c(cc2c1)oc1cc2oc4cc5cc(N(c6c(C)cccc6C)c6c(C)cccc6C)ccc5cc4c2cc13)c1c(C)cccc1C. The molecule has 62 heavy (non-hydrogen) atoms. The van der Waals surface area contributed by atoms with Crippen LogP contribution >= 0.6 is 0 Å². The average Bonchev–Trinajstić information content (AvgIpc) is 3.77. The number of hydrogen-bond acceptors (Lipinski definition) is 4. The Hall–Kier alpha value is -7.30. The number of benzene rings is 9. The van der Waals surface area contributed by atoms with Crippen molar-refractivity contribution < 1.29 is 8.83 Å². The third-order valence-corrected chi connectivity index (χ3v) is 13.1. The van der Waals surface area contributed by atoms with Crippen molar-refractivity contribution >= 4 is 99.5 Å². The van der Waals surface area contributed by atoms with Crippen LogP contribution in [0.1, 0.15) is 44.5 Å². The largest absolute Gasteiger partial charge is 0.456 e. The molecule has 0 amide bonds. The van der Waals surface area contributed by atoms with E-state index < -0.39 is 0 Å². The number of aryl methyl sites for hydroxylation is 8. The van der Waals surface area contributed by atoms with E-state index in [9.17, 15) is 0 Å². The van der Waals surface area contributed by atoms with Gasteiger partial charge in [0.05, 0.1) is 22.7 Å². The van der Waals surface area contributed by atoms with Gasteiger partial charge in [0.2, 0.25) is 0 Å². The molecule has 11 aromatic rings. The summed E-state index contributed by atoms with van der Waals surface area (Å²) >= 11 is 0. The summed E-state index contributed by atoms with van der Waals surface area (Å²) in [4.78, 5) is 4.88. The highest BCUT2D eigenvalue weighted by Crippen LogP contribution is 2.46. The van der Waals surface area contributed by atoms with Crippen molar-refractivity contribution in [2.45, 2.75) is 55.4 Å². The predicted molar refractivity (Wildman–Crippen MR) is 263 cm³/mol. The van der Waals surface area contributed by atoms with Crippen molar-refractivity contribution in [1.29, 1.82) is 0 Å². The molecule has 0 spiro atoms. The Morgan fingerprint density at radius 2 is 0.565 bits per heavy atom. The molecule has 4 nitrogen and oxygen atoms in total. The molecule has 0 atom stereocenters. The van der Waals surface area contributed by atoms with Crippen molar-refractivity contribution in [3.05, 3.63) is 190 Å². The Kier molecular flexibility index (Phi) is 8.59. The summed E-state index contributed by atoms with van der Waals surface area (Å²) in [6, 6.07) is 53.1. The highest BCUT2D eigenvalue weighted by molar-refractivity contribution is 6.18. The van der Waals surface area contributed by atoms with Gasteiger partial charge in [-0.15, -0.1) is 0 Å². The van der Waals surface area contributed by atoms with Gasteiger partial charge < -0.3 is 18.6 Å². The number of nitrogens with zero attached hydrogens (tertiary/aromatic N) is 2. The van der Waals surface area contributed by atoms with Gasteiger partial charge >= 0.3 is 0 Å². The maximum atomic E-state index is 6.67. The first-order valence-corrected chi connectivity index (χ1v) is 21.6. The van der Waals surface area contributed by atoms with Crippen molar-refractivity contribution in [1.82, 2.24) is 0 Å². The number of hydrogen-bond donors (Lipinski definition) is 0. The second-order valence-electron chi connectivity index (χ2n) is 17.4. The Morgan fingerprint density at radius 1 is 0.274 bits per heavy atom. The number of anilines is 6. The second-order valence-corrected chi connectivity index (χ2v) is 17.4. The summed E-state index contributed by atoms with van der Waals surface area (Å²) in [7, 11) is 0. The van der Waals surface area contributed by atoms with Gasteiger partial charge in [0.15, 0.2) is 0 Å². The standard InChI is InChI=1S/C58H48N2O2/c1-33-13-9-14-34(2)55(33)59(56-35(3)15-10-16-36(56)4)45-23-21-41-27-47-49-31-50-48-28-42-22-24-46(60(57-37(5)17-11-18-38(57)6)58-39(7)19-12-20-40(58)8)26-44(42)30-52(48)62-54(50)32-53(49)61-51(47)29-43(41)25-45/h9-32H,1-8H3. The lowest BCUT2D eigenvalue weighted by molar-refractivity contribution is 0.656. The molecule has 302 valence electrons. The molecule has 4 heteroatoms. The number of fused-ring (bicyclic) bond motifs is 8. The van der Waals surface area contributed by atoms with E-state index in [1.54, 1.807) is 0 Å². The van der Waals surface area contributed by atoms with E-state index in [0.717, 1.165) is 66.0 Å². The third-order valence-electron chi connectivity index (χ3n) is 13.1. The normalized spacial score (nSPS) is 11.9. The van der Waals surface area contributed by atoms with E-state index in [1.807, 2.05) is 0 Å². The van der Waals surface area contributed by atoms with Gasteiger partial charge in [-0.05, 0) is 176 Å². The summed E-state index contributed by atoms with van der Waals surface area (Å²) in [5.74, 6) is 0. The fourth-order valence-corrected chi connectivity index (χ4v) is 10.2. The van der Waals surface area contributed by atoms with E-state index in [1.165, 1.54) is 78.0 Å². The minimum atomic E-state index is 0.819. The zero-order chi connectivity index (χ0) is 42.6. The van der Waals surface area contributed by atoms with Gasteiger partial charge in [-0.3, -0.25) is 0 Å². The van der Waals surface area contributed by atoms with Gasteiger partial charge in [-0.1, -0.05) is 84.9 Å². The summed E-state index contributed by atoms with van der Waals surface area (Å²) in [6.07, 6.45) is 0. The summed E-state index contributed by atoms with van der Waals surface area (Å²) in [5, 5.41) is 8.96. The second kappa shape index (κ2) is 14.1.